The molecule has 1 rings (SSSR count). The number of hydrogen-bond donors (Lipinski definition) is 3. The van der Waals surface area contributed by atoms with Gasteiger partial charge < -0.3 is 16.2 Å². The van der Waals surface area contributed by atoms with E-state index in [1.807, 2.05) is 32.0 Å². The molecule has 0 saturated heterocycles. The van der Waals surface area contributed by atoms with Crippen LogP contribution in [-0.2, 0) is 0 Å². The molecule has 78 valence electrons. The molecule has 0 heterocycles. The van der Waals surface area contributed by atoms with Gasteiger partial charge in [0.2, 0.25) is 0 Å². The summed E-state index contributed by atoms with van der Waals surface area (Å²) in [6, 6.07) is 6.17. The topological polar surface area (TPSA) is 58.3 Å². The Morgan fingerprint density at radius 2 is 2.21 bits per heavy atom. The van der Waals surface area contributed by atoms with Gasteiger partial charge in [-0.3, -0.25) is 0 Å². The second-order valence-electron chi connectivity index (χ2n) is 3.65. The fourth-order valence-electron chi connectivity index (χ4n) is 1.34. The van der Waals surface area contributed by atoms with E-state index >= 15 is 0 Å². The minimum Gasteiger partial charge on any atom is -0.397 e. The first-order valence-corrected chi connectivity index (χ1v) is 4.87. The van der Waals surface area contributed by atoms with Crippen LogP contribution in [0.15, 0.2) is 18.2 Å². The Morgan fingerprint density at radius 1 is 1.50 bits per heavy atom. The molecule has 0 radical (unpaired) electrons. The number of nitrogens with two attached hydrogens (primary N) is 1. The van der Waals surface area contributed by atoms with Crippen molar-refractivity contribution < 1.29 is 5.11 Å². The summed E-state index contributed by atoms with van der Waals surface area (Å²) in [5, 5.41) is 12.0. The predicted molar refractivity (Wildman–Crippen MR) is 60.4 cm³/mol. The number of aliphatic hydroxyl groups is 1. The van der Waals surface area contributed by atoms with Crippen molar-refractivity contribution >= 4 is 11.4 Å². The van der Waals surface area contributed by atoms with E-state index in [1.165, 1.54) is 0 Å². The highest BCUT2D eigenvalue weighted by atomic mass is 16.3. The maximum absolute atomic E-state index is 8.76. The smallest absolute Gasteiger partial charge is 0.0576 e. The highest BCUT2D eigenvalue weighted by molar-refractivity contribution is 5.67. The van der Waals surface area contributed by atoms with Gasteiger partial charge in [-0.15, -0.1) is 0 Å². The quantitative estimate of drug-likeness (QED) is 0.640. The fraction of sp³-hybridized carbons (Fsp3) is 0.455. The molecule has 1 aromatic carbocycles. The molecule has 0 amide bonds. The minimum atomic E-state index is 0.194. The van der Waals surface area contributed by atoms with Gasteiger partial charge in [-0.2, -0.15) is 0 Å². The number of aryl methyl sites for hydroxylation is 1. The second-order valence-corrected chi connectivity index (χ2v) is 3.65. The number of benzene rings is 1. The standard InChI is InChI=1S/C11H18N2O/c1-8-3-4-11(10(12)7-8)13-9(2)5-6-14/h3-4,7,9,13-14H,5-6,12H2,1-2H3. The second kappa shape index (κ2) is 4.86. The van der Waals surface area contributed by atoms with Crippen LogP contribution in [0.3, 0.4) is 0 Å². The highest BCUT2D eigenvalue weighted by Crippen LogP contribution is 2.20. The molecular weight excluding hydrogens is 176 g/mol. The summed E-state index contributed by atoms with van der Waals surface area (Å²) in [7, 11) is 0. The minimum absolute atomic E-state index is 0.194. The Balaban J connectivity index is 2.67. The van der Waals surface area contributed by atoms with Gasteiger partial charge in [0.15, 0.2) is 0 Å². The van der Waals surface area contributed by atoms with Gasteiger partial charge in [-0.25, -0.2) is 0 Å². The van der Waals surface area contributed by atoms with E-state index in [-0.39, 0.29) is 12.6 Å². The molecule has 0 aliphatic rings. The number of nitrogen functional groups attached to an aromatic ring is 1. The summed E-state index contributed by atoms with van der Waals surface area (Å²) >= 11 is 0. The van der Waals surface area contributed by atoms with E-state index in [0.29, 0.717) is 0 Å². The Kier molecular flexibility index (Phi) is 3.77. The van der Waals surface area contributed by atoms with Crippen LogP contribution in [0.25, 0.3) is 0 Å². The predicted octanol–water partition coefficient (Wildman–Crippen LogP) is 1.76. The highest BCUT2D eigenvalue weighted by Gasteiger charge is 2.03. The molecule has 1 atom stereocenters. The van der Waals surface area contributed by atoms with E-state index in [0.717, 1.165) is 23.4 Å². The number of anilines is 2. The van der Waals surface area contributed by atoms with Crippen molar-refractivity contribution in [2.75, 3.05) is 17.7 Å². The maximum atomic E-state index is 8.76. The van der Waals surface area contributed by atoms with Crippen molar-refractivity contribution in [1.29, 1.82) is 0 Å². The van der Waals surface area contributed by atoms with Crippen LogP contribution in [-0.4, -0.2) is 17.8 Å². The van der Waals surface area contributed by atoms with E-state index < -0.39 is 0 Å². The van der Waals surface area contributed by atoms with Gasteiger partial charge in [0.1, 0.15) is 0 Å². The van der Waals surface area contributed by atoms with Crippen molar-refractivity contribution in [3.05, 3.63) is 23.8 Å². The lowest BCUT2D eigenvalue weighted by atomic mass is 10.1. The van der Waals surface area contributed by atoms with E-state index in [2.05, 4.69) is 5.32 Å². The third-order valence-corrected chi connectivity index (χ3v) is 2.17. The van der Waals surface area contributed by atoms with Crippen molar-refractivity contribution in [2.24, 2.45) is 0 Å². The fourth-order valence-corrected chi connectivity index (χ4v) is 1.34. The van der Waals surface area contributed by atoms with E-state index in [4.69, 9.17) is 10.8 Å². The third-order valence-electron chi connectivity index (χ3n) is 2.17. The number of hydrogen-bond acceptors (Lipinski definition) is 3. The Labute approximate surface area is 84.9 Å². The molecule has 3 heteroatoms. The Morgan fingerprint density at radius 3 is 2.79 bits per heavy atom. The Bertz CT molecular complexity index is 299. The van der Waals surface area contributed by atoms with Gasteiger partial charge in [0, 0.05) is 12.6 Å². The maximum Gasteiger partial charge on any atom is 0.0576 e. The lowest BCUT2D eigenvalue weighted by molar-refractivity contribution is 0.282. The Hall–Kier alpha value is -1.22. The number of nitrogens with one attached hydrogen (secondary N) is 1. The molecule has 1 unspecified atom stereocenters. The van der Waals surface area contributed by atoms with Gasteiger partial charge in [0.25, 0.3) is 0 Å². The molecule has 0 aliphatic carbocycles. The largest absolute Gasteiger partial charge is 0.397 e. The first-order valence-electron chi connectivity index (χ1n) is 4.87. The zero-order valence-electron chi connectivity index (χ0n) is 8.75. The zero-order valence-corrected chi connectivity index (χ0v) is 8.75. The summed E-state index contributed by atoms with van der Waals surface area (Å²) in [4.78, 5) is 0. The summed E-state index contributed by atoms with van der Waals surface area (Å²) < 4.78 is 0. The van der Waals surface area contributed by atoms with Crippen LogP contribution in [0.2, 0.25) is 0 Å². The summed E-state index contributed by atoms with van der Waals surface area (Å²) in [5.41, 5.74) is 8.70. The molecule has 0 saturated carbocycles. The average Bonchev–Trinajstić information content (AvgIpc) is 2.10. The average molecular weight is 194 g/mol. The summed E-state index contributed by atoms with van der Waals surface area (Å²) in [6.45, 7) is 4.23. The molecule has 0 spiro atoms. The number of rotatable bonds is 4. The van der Waals surface area contributed by atoms with Gasteiger partial charge >= 0.3 is 0 Å². The summed E-state index contributed by atoms with van der Waals surface area (Å²) in [5.74, 6) is 0. The van der Waals surface area contributed by atoms with Crippen LogP contribution in [0.5, 0.6) is 0 Å². The molecule has 1 aromatic rings. The SMILES string of the molecule is Cc1ccc(NC(C)CCO)c(N)c1. The third kappa shape index (κ3) is 2.92. The van der Waals surface area contributed by atoms with Gasteiger partial charge in [-0.05, 0) is 38.0 Å². The first kappa shape index (κ1) is 10.9. The van der Waals surface area contributed by atoms with Gasteiger partial charge in [-0.1, -0.05) is 6.07 Å². The van der Waals surface area contributed by atoms with Crippen molar-refractivity contribution in [1.82, 2.24) is 0 Å². The van der Waals surface area contributed by atoms with Crippen LogP contribution in [0, 0.1) is 6.92 Å². The van der Waals surface area contributed by atoms with Crippen LogP contribution < -0.4 is 11.1 Å². The van der Waals surface area contributed by atoms with Crippen molar-refractivity contribution in [3.63, 3.8) is 0 Å². The molecule has 14 heavy (non-hydrogen) atoms. The van der Waals surface area contributed by atoms with E-state index in [9.17, 15) is 0 Å². The normalized spacial score (nSPS) is 12.5. The molecule has 0 bridgehead atoms. The monoisotopic (exact) mass is 194 g/mol. The lowest BCUT2D eigenvalue weighted by Crippen LogP contribution is -2.17. The molecular formula is C11H18N2O. The van der Waals surface area contributed by atoms with Crippen molar-refractivity contribution in [3.8, 4) is 0 Å². The van der Waals surface area contributed by atoms with Crippen molar-refractivity contribution in [2.45, 2.75) is 26.3 Å². The first-order chi connectivity index (χ1) is 6.63. The zero-order chi connectivity index (χ0) is 10.6. The molecule has 0 aliphatic heterocycles. The molecule has 4 N–H and O–H groups in total. The van der Waals surface area contributed by atoms with Crippen LogP contribution >= 0.6 is 0 Å². The number of aliphatic hydroxyl groups excluding tert-OH is 1. The molecule has 0 fully saturated rings. The van der Waals surface area contributed by atoms with Crippen LogP contribution in [0.1, 0.15) is 18.9 Å². The lowest BCUT2D eigenvalue weighted by Gasteiger charge is -2.15. The van der Waals surface area contributed by atoms with E-state index in [1.54, 1.807) is 0 Å². The van der Waals surface area contributed by atoms with Gasteiger partial charge in [0.05, 0.1) is 11.4 Å². The van der Waals surface area contributed by atoms with Crippen LogP contribution in [0.4, 0.5) is 11.4 Å². The summed E-state index contributed by atoms with van der Waals surface area (Å²) in [6.07, 6.45) is 0.729. The molecule has 0 aromatic heterocycles. The molecule has 3 nitrogen and oxygen atoms in total.